The van der Waals surface area contributed by atoms with E-state index in [1.165, 1.54) is 42.5 Å². The maximum absolute atomic E-state index is 13.2. The van der Waals surface area contributed by atoms with Gasteiger partial charge in [-0.1, -0.05) is 6.07 Å². The van der Waals surface area contributed by atoms with Crippen LogP contribution in [0.3, 0.4) is 0 Å². The zero-order valence-corrected chi connectivity index (χ0v) is 14.3. The molecule has 2 aromatic rings. The molecule has 0 unspecified atom stereocenters. The topological polar surface area (TPSA) is 102 Å². The standard InChI is InChI=1S/C17H15FN2O5S/c18-12-3-1-2-11(10-12)16(21)19-13-4-6-14(7-5-13)26(23,24)20-15-8-9-25-17(15)22/h1-7,10,15,20H,8-9H2,(H,19,21)/t15-/m0/s1. The first-order valence-corrected chi connectivity index (χ1v) is 9.19. The third-order valence-electron chi connectivity index (χ3n) is 3.74. The fourth-order valence-electron chi connectivity index (χ4n) is 2.41. The fraction of sp³-hybridized carbons (Fsp3) is 0.176. The Morgan fingerprint density at radius 3 is 2.50 bits per heavy atom. The number of hydrogen-bond acceptors (Lipinski definition) is 5. The number of carbonyl (C=O) groups excluding carboxylic acids is 2. The Hall–Kier alpha value is -2.78. The lowest BCUT2D eigenvalue weighted by molar-refractivity contribution is -0.139. The molecule has 9 heteroatoms. The van der Waals surface area contributed by atoms with E-state index >= 15 is 0 Å². The Morgan fingerprint density at radius 2 is 1.88 bits per heavy atom. The summed E-state index contributed by atoms with van der Waals surface area (Å²) >= 11 is 0. The first-order chi connectivity index (χ1) is 12.3. The fourth-order valence-corrected chi connectivity index (χ4v) is 3.63. The minimum absolute atomic E-state index is 0.0547. The zero-order chi connectivity index (χ0) is 18.7. The van der Waals surface area contributed by atoms with E-state index in [-0.39, 0.29) is 23.5 Å². The molecular weight excluding hydrogens is 363 g/mol. The number of anilines is 1. The minimum atomic E-state index is -3.89. The summed E-state index contributed by atoms with van der Waals surface area (Å²) in [6, 6.07) is 9.70. The van der Waals surface area contributed by atoms with Gasteiger partial charge in [0.2, 0.25) is 10.0 Å². The van der Waals surface area contributed by atoms with Crippen molar-refractivity contribution in [3.63, 3.8) is 0 Å². The molecule has 1 atom stereocenters. The van der Waals surface area contributed by atoms with E-state index in [4.69, 9.17) is 4.74 Å². The summed E-state index contributed by atoms with van der Waals surface area (Å²) in [5, 5.41) is 2.55. The SMILES string of the molecule is O=C(Nc1ccc(S(=O)(=O)N[C@H]2CCOC2=O)cc1)c1cccc(F)c1. The predicted molar refractivity (Wildman–Crippen MR) is 90.5 cm³/mol. The van der Waals surface area contributed by atoms with Gasteiger partial charge in [-0.15, -0.1) is 0 Å². The van der Waals surface area contributed by atoms with Crippen LogP contribution in [0, 0.1) is 5.82 Å². The Kier molecular flexibility index (Phi) is 5.01. The normalized spacial score (nSPS) is 17.0. The van der Waals surface area contributed by atoms with Crippen LogP contribution in [-0.4, -0.2) is 32.9 Å². The second-order valence-electron chi connectivity index (χ2n) is 5.62. The maximum atomic E-state index is 13.2. The number of benzene rings is 2. The van der Waals surface area contributed by atoms with E-state index in [0.29, 0.717) is 5.69 Å². The molecule has 0 bridgehead atoms. The van der Waals surface area contributed by atoms with Crippen LogP contribution in [0.5, 0.6) is 0 Å². The minimum Gasteiger partial charge on any atom is -0.464 e. The molecule has 1 saturated heterocycles. The van der Waals surface area contributed by atoms with Crippen molar-refractivity contribution in [1.29, 1.82) is 0 Å². The van der Waals surface area contributed by atoms with Gasteiger partial charge in [-0.05, 0) is 42.5 Å². The number of halogens is 1. The molecule has 26 heavy (non-hydrogen) atoms. The molecule has 0 spiro atoms. The Morgan fingerprint density at radius 1 is 1.15 bits per heavy atom. The number of ether oxygens (including phenoxy) is 1. The molecular formula is C17H15FN2O5S. The van der Waals surface area contributed by atoms with Crippen LogP contribution in [0.1, 0.15) is 16.8 Å². The van der Waals surface area contributed by atoms with Gasteiger partial charge in [-0.3, -0.25) is 9.59 Å². The number of hydrogen-bond donors (Lipinski definition) is 2. The molecule has 136 valence electrons. The Bertz CT molecular complexity index is 944. The number of carbonyl (C=O) groups is 2. The molecule has 0 radical (unpaired) electrons. The molecule has 1 heterocycles. The summed E-state index contributed by atoms with van der Waals surface area (Å²) in [4.78, 5) is 23.4. The molecule has 1 aliphatic heterocycles. The van der Waals surface area contributed by atoms with Crippen molar-refractivity contribution >= 4 is 27.6 Å². The quantitative estimate of drug-likeness (QED) is 0.771. The van der Waals surface area contributed by atoms with Crippen LogP contribution in [0.4, 0.5) is 10.1 Å². The van der Waals surface area contributed by atoms with Gasteiger partial charge in [0, 0.05) is 17.7 Å². The summed E-state index contributed by atoms with van der Waals surface area (Å²) in [7, 11) is -3.89. The van der Waals surface area contributed by atoms with Crippen LogP contribution in [-0.2, 0) is 19.6 Å². The molecule has 0 aromatic heterocycles. The highest BCUT2D eigenvalue weighted by Crippen LogP contribution is 2.17. The third-order valence-corrected chi connectivity index (χ3v) is 5.23. The highest BCUT2D eigenvalue weighted by atomic mass is 32.2. The average molecular weight is 378 g/mol. The first-order valence-electron chi connectivity index (χ1n) is 7.71. The number of nitrogens with one attached hydrogen (secondary N) is 2. The van der Waals surface area contributed by atoms with Crippen LogP contribution in [0.2, 0.25) is 0 Å². The van der Waals surface area contributed by atoms with Gasteiger partial charge in [0.1, 0.15) is 11.9 Å². The smallest absolute Gasteiger partial charge is 0.324 e. The summed E-state index contributed by atoms with van der Waals surface area (Å²) in [5.41, 5.74) is 0.488. The Labute approximate surface area is 149 Å². The highest BCUT2D eigenvalue weighted by molar-refractivity contribution is 7.89. The molecule has 2 aromatic carbocycles. The average Bonchev–Trinajstić information content (AvgIpc) is 2.99. The first kappa shape index (κ1) is 18.0. The lowest BCUT2D eigenvalue weighted by atomic mass is 10.2. The van der Waals surface area contributed by atoms with Gasteiger partial charge < -0.3 is 10.1 Å². The molecule has 7 nitrogen and oxygen atoms in total. The second-order valence-corrected chi connectivity index (χ2v) is 7.33. The lowest BCUT2D eigenvalue weighted by Gasteiger charge is -2.11. The molecule has 1 fully saturated rings. The van der Waals surface area contributed by atoms with Crippen molar-refractivity contribution in [2.45, 2.75) is 17.4 Å². The largest absolute Gasteiger partial charge is 0.464 e. The van der Waals surface area contributed by atoms with Gasteiger partial charge in [-0.2, -0.15) is 4.72 Å². The molecule has 0 aliphatic carbocycles. The van der Waals surface area contributed by atoms with Gasteiger partial charge >= 0.3 is 5.97 Å². The van der Waals surface area contributed by atoms with Gasteiger partial charge in [0.05, 0.1) is 11.5 Å². The Balaban J connectivity index is 1.70. The van der Waals surface area contributed by atoms with E-state index < -0.39 is 33.8 Å². The van der Waals surface area contributed by atoms with Gasteiger partial charge in [-0.25, -0.2) is 12.8 Å². The van der Waals surface area contributed by atoms with E-state index in [2.05, 4.69) is 10.0 Å². The zero-order valence-electron chi connectivity index (χ0n) is 13.4. The van der Waals surface area contributed by atoms with E-state index in [0.717, 1.165) is 6.07 Å². The maximum Gasteiger partial charge on any atom is 0.324 e. The van der Waals surface area contributed by atoms with Crippen molar-refractivity contribution in [3.8, 4) is 0 Å². The van der Waals surface area contributed by atoms with Crippen molar-refractivity contribution in [3.05, 3.63) is 59.9 Å². The lowest BCUT2D eigenvalue weighted by Crippen LogP contribution is -2.37. The molecule has 2 N–H and O–H groups in total. The van der Waals surface area contributed by atoms with Crippen molar-refractivity contribution in [2.75, 3.05) is 11.9 Å². The second kappa shape index (κ2) is 7.22. The highest BCUT2D eigenvalue weighted by Gasteiger charge is 2.31. The molecule has 0 saturated carbocycles. The van der Waals surface area contributed by atoms with Crippen LogP contribution in [0.25, 0.3) is 0 Å². The van der Waals surface area contributed by atoms with Crippen LogP contribution < -0.4 is 10.0 Å². The van der Waals surface area contributed by atoms with Crippen LogP contribution >= 0.6 is 0 Å². The van der Waals surface area contributed by atoms with Gasteiger partial charge in [0.25, 0.3) is 5.91 Å². The number of cyclic esters (lactones) is 1. The number of amides is 1. The number of esters is 1. The third kappa shape index (κ3) is 4.06. The van der Waals surface area contributed by atoms with E-state index in [9.17, 15) is 22.4 Å². The van der Waals surface area contributed by atoms with E-state index in [1.54, 1.807) is 0 Å². The van der Waals surface area contributed by atoms with E-state index in [1.807, 2.05) is 0 Å². The summed E-state index contributed by atoms with van der Waals surface area (Å²) in [6.45, 7) is 0.178. The molecule has 1 aliphatic rings. The monoisotopic (exact) mass is 378 g/mol. The number of rotatable bonds is 5. The summed E-state index contributed by atoms with van der Waals surface area (Å²) < 4.78 is 44.7. The summed E-state index contributed by atoms with van der Waals surface area (Å²) in [5.74, 6) is -1.66. The van der Waals surface area contributed by atoms with Crippen molar-refractivity contribution < 1.29 is 27.1 Å². The predicted octanol–water partition coefficient (Wildman–Crippen LogP) is 1.67. The van der Waals surface area contributed by atoms with Crippen LogP contribution in [0.15, 0.2) is 53.4 Å². The molecule has 1 amide bonds. The molecule has 3 rings (SSSR count). The van der Waals surface area contributed by atoms with Crippen molar-refractivity contribution in [1.82, 2.24) is 4.72 Å². The van der Waals surface area contributed by atoms with Gasteiger partial charge in [0.15, 0.2) is 0 Å². The van der Waals surface area contributed by atoms with Crippen molar-refractivity contribution in [2.24, 2.45) is 0 Å². The number of sulfonamides is 1. The summed E-state index contributed by atoms with van der Waals surface area (Å²) in [6.07, 6.45) is 0.278.